The van der Waals surface area contributed by atoms with Crippen LogP contribution in [-0.4, -0.2) is 28.3 Å². The number of unbranched alkanes of at least 4 members (excludes halogenated alkanes) is 3. The standard InChI is InChI=1S/C10H20N6O/c1-2-3-4-5-6-17-7-13-10-15-8(11)14-9(12)16-10/h2-7H2,1H3,(H5,11,12,13,14,15,16). The van der Waals surface area contributed by atoms with E-state index in [0.717, 1.165) is 13.0 Å². The molecule has 0 atom stereocenters. The Hall–Kier alpha value is -1.63. The van der Waals surface area contributed by atoms with E-state index in [0.29, 0.717) is 12.7 Å². The van der Waals surface area contributed by atoms with Gasteiger partial charge in [0.15, 0.2) is 0 Å². The van der Waals surface area contributed by atoms with Gasteiger partial charge in [-0.1, -0.05) is 26.2 Å². The van der Waals surface area contributed by atoms with E-state index in [1.807, 2.05) is 0 Å². The molecule has 0 bridgehead atoms. The van der Waals surface area contributed by atoms with Gasteiger partial charge in [-0.15, -0.1) is 0 Å². The molecule has 96 valence electrons. The third-order valence-corrected chi connectivity index (χ3v) is 2.14. The third-order valence-electron chi connectivity index (χ3n) is 2.14. The normalized spacial score (nSPS) is 10.4. The topological polar surface area (TPSA) is 112 Å². The summed E-state index contributed by atoms with van der Waals surface area (Å²) in [5.74, 6) is 0.537. The van der Waals surface area contributed by atoms with E-state index in [9.17, 15) is 0 Å². The van der Waals surface area contributed by atoms with Crippen LogP contribution in [0.1, 0.15) is 32.6 Å². The molecule has 0 saturated carbocycles. The number of hydrogen-bond acceptors (Lipinski definition) is 7. The molecule has 0 aliphatic rings. The molecular weight excluding hydrogens is 220 g/mol. The highest BCUT2D eigenvalue weighted by Gasteiger charge is 2.00. The molecule has 0 fully saturated rings. The lowest BCUT2D eigenvalue weighted by Crippen LogP contribution is -2.12. The van der Waals surface area contributed by atoms with E-state index < -0.39 is 0 Å². The molecule has 0 aliphatic carbocycles. The average molecular weight is 240 g/mol. The second kappa shape index (κ2) is 7.61. The van der Waals surface area contributed by atoms with Crippen LogP contribution in [0, 0.1) is 0 Å². The number of nitrogens with two attached hydrogens (primary N) is 2. The summed E-state index contributed by atoms with van der Waals surface area (Å²) >= 11 is 0. The Morgan fingerprint density at radius 2 is 1.76 bits per heavy atom. The Morgan fingerprint density at radius 1 is 1.06 bits per heavy atom. The van der Waals surface area contributed by atoms with Gasteiger partial charge in [-0.25, -0.2) is 0 Å². The first kappa shape index (κ1) is 13.4. The van der Waals surface area contributed by atoms with Crippen LogP contribution in [0.5, 0.6) is 0 Å². The van der Waals surface area contributed by atoms with Crippen LogP contribution < -0.4 is 16.8 Å². The molecule has 17 heavy (non-hydrogen) atoms. The molecule has 1 heterocycles. The summed E-state index contributed by atoms with van der Waals surface area (Å²) in [5.41, 5.74) is 10.8. The Labute approximate surface area is 101 Å². The van der Waals surface area contributed by atoms with Crippen LogP contribution in [0.25, 0.3) is 0 Å². The molecule has 0 aromatic carbocycles. The number of nitrogens with zero attached hydrogens (tertiary/aromatic N) is 3. The molecule has 0 saturated heterocycles. The van der Waals surface area contributed by atoms with Crippen LogP contribution in [0.3, 0.4) is 0 Å². The van der Waals surface area contributed by atoms with Gasteiger partial charge in [-0.2, -0.15) is 15.0 Å². The molecule has 7 nitrogen and oxygen atoms in total. The fourth-order valence-electron chi connectivity index (χ4n) is 1.31. The Morgan fingerprint density at radius 3 is 2.41 bits per heavy atom. The van der Waals surface area contributed by atoms with Crippen molar-refractivity contribution in [1.29, 1.82) is 0 Å². The van der Waals surface area contributed by atoms with Crippen LogP contribution in [0.15, 0.2) is 0 Å². The second-order valence-electron chi connectivity index (χ2n) is 3.67. The minimum absolute atomic E-state index is 0.0999. The van der Waals surface area contributed by atoms with Crippen molar-refractivity contribution in [2.45, 2.75) is 32.6 Å². The molecule has 1 rings (SSSR count). The molecule has 5 N–H and O–H groups in total. The first-order chi connectivity index (χ1) is 8.22. The van der Waals surface area contributed by atoms with Crippen molar-refractivity contribution >= 4 is 17.8 Å². The van der Waals surface area contributed by atoms with Gasteiger partial charge in [-0.05, 0) is 6.42 Å². The van der Waals surface area contributed by atoms with Gasteiger partial charge in [0.05, 0.1) is 0 Å². The second-order valence-corrected chi connectivity index (χ2v) is 3.67. The predicted molar refractivity (Wildman–Crippen MR) is 67.2 cm³/mol. The van der Waals surface area contributed by atoms with Gasteiger partial charge < -0.3 is 21.5 Å². The van der Waals surface area contributed by atoms with Crippen molar-refractivity contribution in [3.63, 3.8) is 0 Å². The van der Waals surface area contributed by atoms with E-state index in [1.54, 1.807) is 0 Å². The molecule has 0 spiro atoms. The van der Waals surface area contributed by atoms with Crippen LogP contribution in [-0.2, 0) is 4.74 Å². The lowest BCUT2D eigenvalue weighted by molar-refractivity contribution is 0.147. The van der Waals surface area contributed by atoms with E-state index >= 15 is 0 Å². The lowest BCUT2D eigenvalue weighted by atomic mass is 10.2. The van der Waals surface area contributed by atoms with Crippen molar-refractivity contribution in [3.05, 3.63) is 0 Å². The van der Waals surface area contributed by atoms with Crippen molar-refractivity contribution in [2.24, 2.45) is 0 Å². The van der Waals surface area contributed by atoms with E-state index in [-0.39, 0.29) is 11.9 Å². The molecule has 0 amide bonds. The molecule has 0 aliphatic heterocycles. The monoisotopic (exact) mass is 240 g/mol. The highest BCUT2D eigenvalue weighted by molar-refractivity contribution is 5.36. The molecule has 1 aromatic heterocycles. The number of hydrogen-bond donors (Lipinski definition) is 3. The average Bonchev–Trinajstić information content (AvgIpc) is 2.26. The lowest BCUT2D eigenvalue weighted by Gasteiger charge is -2.06. The molecule has 7 heteroatoms. The van der Waals surface area contributed by atoms with E-state index in [1.165, 1.54) is 19.3 Å². The minimum Gasteiger partial charge on any atom is -0.368 e. The van der Waals surface area contributed by atoms with E-state index in [2.05, 4.69) is 27.2 Å². The maximum absolute atomic E-state index is 5.42. The number of ether oxygens (including phenoxy) is 1. The van der Waals surface area contributed by atoms with Crippen molar-refractivity contribution in [1.82, 2.24) is 15.0 Å². The highest BCUT2D eigenvalue weighted by atomic mass is 16.5. The number of anilines is 3. The van der Waals surface area contributed by atoms with Crippen molar-refractivity contribution < 1.29 is 4.74 Å². The van der Waals surface area contributed by atoms with Crippen LogP contribution in [0.4, 0.5) is 17.8 Å². The fourth-order valence-corrected chi connectivity index (χ4v) is 1.31. The van der Waals surface area contributed by atoms with Gasteiger partial charge >= 0.3 is 0 Å². The zero-order valence-corrected chi connectivity index (χ0v) is 10.1. The molecule has 0 radical (unpaired) electrons. The van der Waals surface area contributed by atoms with Gasteiger partial charge in [0, 0.05) is 6.61 Å². The van der Waals surface area contributed by atoms with Crippen molar-refractivity contribution in [3.8, 4) is 0 Å². The summed E-state index contributed by atoms with van der Waals surface area (Å²) in [6.45, 7) is 3.25. The first-order valence-electron chi connectivity index (χ1n) is 5.81. The smallest absolute Gasteiger partial charge is 0.231 e. The number of nitrogen functional groups attached to an aromatic ring is 2. The summed E-state index contributed by atoms with van der Waals surface area (Å²) in [5, 5.41) is 2.87. The summed E-state index contributed by atoms with van der Waals surface area (Å²) in [6, 6.07) is 0. The zero-order valence-electron chi connectivity index (χ0n) is 10.1. The highest BCUT2D eigenvalue weighted by Crippen LogP contribution is 2.03. The fraction of sp³-hybridized carbons (Fsp3) is 0.700. The zero-order chi connectivity index (χ0) is 12.5. The minimum atomic E-state index is 0.0999. The van der Waals surface area contributed by atoms with Gasteiger partial charge in [0.2, 0.25) is 17.8 Å². The Kier molecular flexibility index (Phi) is 6.02. The first-order valence-corrected chi connectivity index (χ1v) is 5.81. The van der Waals surface area contributed by atoms with Gasteiger partial charge in [0.25, 0.3) is 0 Å². The largest absolute Gasteiger partial charge is 0.368 e. The summed E-state index contributed by atoms with van der Waals surface area (Å²) in [4.78, 5) is 11.4. The van der Waals surface area contributed by atoms with Crippen LogP contribution >= 0.6 is 0 Å². The SMILES string of the molecule is CCCCCCOCNc1nc(N)nc(N)n1. The predicted octanol–water partition coefficient (Wildman–Crippen LogP) is 1.00. The third kappa shape index (κ3) is 5.86. The molecule has 1 aromatic rings. The quantitative estimate of drug-likeness (QED) is 0.459. The van der Waals surface area contributed by atoms with Gasteiger partial charge in [0.1, 0.15) is 6.73 Å². The Balaban J connectivity index is 2.13. The summed E-state index contributed by atoms with van der Waals surface area (Å²) in [7, 11) is 0. The van der Waals surface area contributed by atoms with E-state index in [4.69, 9.17) is 16.2 Å². The van der Waals surface area contributed by atoms with Gasteiger partial charge in [-0.3, -0.25) is 0 Å². The molecular formula is C10H20N6O. The van der Waals surface area contributed by atoms with Crippen LogP contribution in [0.2, 0.25) is 0 Å². The number of nitrogens with one attached hydrogen (secondary N) is 1. The number of rotatable bonds is 8. The van der Waals surface area contributed by atoms with Crippen molar-refractivity contribution in [2.75, 3.05) is 30.1 Å². The summed E-state index contributed by atoms with van der Waals surface area (Å²) < 4.78 is 5.37. The maximum atomic E-state index is 5.42. The number of aromatic nitrogens is 3. The maximum Gasteiger partial charge on any atom is 0.231 e. The molecule has 0 unspecified atom stereocenters. The summed E-state index contributed by atoms with van der Waals surface area (Å²) in [6.07, 6.45) is 4.73. The Bertz CT molecular complexity index is 312.